The molecule has 0 amide bonds. The summed E-state index contributed by atoms with van der Waals surface area (Å²) in [7, 11) is 0. The molecule has 3 nitrogen and oxygen atoms in total. The van der Waals surface area contributed by atoms with Gasteiger partial charge >= 0.3 is 0 Å². The Balaban J connectivity index is 1.74. The molecule has 0 saturated carbocycles. The third-order valence-corrected chi connectivity index (χ3v) is 5.39. The second-order valence-electron chi connectivity index (χ2n) is 7.40. The number of hydrogen-bond donors (Lipinski definition) is 2. The summed E-state index contributed by atoms with van der Waals surface area (Å²) in [5.41, 5.74) is 12.0. The van der Waals surface area contributed by atoms with Gasteiger partial charge in [0.05, 0.1) is 0 Å². The SMILES string of the molecule is CCc1ccc(-c2[nH]c3ccc(Oc4ccccc4)cc3c2CCCCN)cc1. The van der Waals surface area contributed by atoms with Crippen molar-refractivity contribution in [1.29, 1.82) is 0 Å². The number of H-pyrrole nitrogens is 1. The quantitative estimate of drug-likeness (QED) is 0.342. The Hall–Kier alpha value is -3.04. The van der Waals surface area contributed by atoms with E-state index in [0.717, 1.165) is 49.2 Å². The molecule has 0 aliphatic heterocycles. The lowest BCUT2D eigenvalue weighted by molar-refractivity contribution is 0.483. The summed E-state index contributed by atoms with van der Waals surface area (Å²) in [6.07, 6.45) is 4.15. The van der Waals surface area contributed by atoms with E-state index in [9.17, 15) is 0 Å². The van der Waals surface area contributed by atoms with Gasteiger partial charge in [-0.1, -0.05) is 49.4 Å². The topological polar surface area (TPSA) is 51.0 Å². The number of benzene rings is 3. The van der Waals surface area contributed by atoms with Crippen LogP contribution < -0.4 is 10.5 Å². The average molecular weight is 385 g/mol. The van der Waals surface area contributed by atoms with Crippen molar-refractivity contribution in [3.8, 4) is 22.8 Å². The molecular weight excluding hydrogens is 356 g/mol. The van der Waals surface area contributed by atoms with Crippen molar-refractivity contribution < 1.29 is 4.74 Å². The van der Waals surface area contributed by atoms with Crippen LogP contribution in [0.2, 0.25) is 0 Å². The van der Waals surface area contributed by atoms with Crippen LogP contribution in [0.4, 0.5) is 0 Å². The lowest BCUT2D eigenvalue weighted by atomic mass is 9.99. The van der Waals surface area contributed by atoms with Crippen molar-refractivity contribution in [3.05, 3.63) is 83.9 Å². The predicted molar refractivity (Wildman–Crippen MR) is 122 cm³/mol. The summed E-state index contributed by atoms with van der Waals surface area (Å²) in [5, 5.41) is 1.23. The highest BCUT2D eigenvalue weighted by Gasteiger charge is 2.14. The number of nitrogens with one attached hydrogen (secondary N) is 1. The van der Waals surface area contributed by atoms with Crippen LogP contribution in [-0.2, 0) is 12.8 Å². The lowest BCUT2D eigenvalue weighted by Gasteiger charge is -2.08. The van der Waals surface area contributed by atoms with Gasteiger partial charge in [-0.25, -0.2) is 0 Å². The Kier molecular flexibility index (Phi) is 5.97. The van der Waals surface area contributed by atoms with Gasteiger partial charge in [-0.05, 0) is 79.3 Å². The minimum atomic E-state index is 0.727. The average Bonchev–Trinajstić information content (AvgIpc) is 3.13. The lowest BCUT2D eigenvalue weighted by Crippen LogP contribution is -1.99. The van der Waals surface area contributed by atoms with Gasteiger partial charge in [-0.15, -0.1) is 0 Å². The number of aromatic nitrogens is 1. The molecule has 0 spiro atoms. The first-order valence-corrected chi connectivity index (χ1v) is 10.5. The molecule has 0 aliphatic carbocycles. The Morgan fingerprint density at radius 3 is 2.38 bits per heavy atom. The van der Waals surface area contributed by atoms with Gasteiger partial charge in [0.2, 0.25) is 0 Å². The largest absolute Gasteiger partial charge is 0.457 e. The molecule has 3 aromatic carbocycles. The number of ether oxygens (including phenoxy) is 1. The van der Waals surface area contributed by atoms with Gasteiger partial charge in [0, 0.05) is 16.6 Å². The maximum absolute atomic E-state index is 6.08. The monoisotopic (exact) mass is 384 g/mol. The number of aromatic amines is 1. The zero-order chi connectivity index (χ0) is 20.1. The zero-order valence-electron chi connectivity index (χ0n) is 16.9. The molecule has 0 radical (unpaired) electrons. The minimum Gasteiger partial charge on any atom is -0.457 e. The Bertz CT molecular complexity index is 1070. The molecule has 148 valence electrons. The molecule has 0 atom stereocenters. The van der Waals surface area contributed by atoms with E-state index in [0.29, 0.717) is 0 Å². The fourth-order valence-electron chi connectivity index (χ4n) is 3.77. The molecule has 0 bridgehead atoms. The number of hydrogen-bond acceptors (Lipinski definition) is 2. The Morgan fingerprint density at radius 2 is 1.66 bits per heavy atom. The molecule has 29 heavy (non-hydrogen) atoms. The van der Waals surface area contributed by atoms with Crippen molar-refractivity contribution in [1.82, 2.24) is 4.98 Å². The van der Waals surface area contributed by atoms with Gasteiger partial charge in [-0.3, -0.25) is 0 Å². The molecule has 1 aromatic heterocycles. The number of para-hydroxylation sites is 1. The van der Waals surface area contributed by atoms with Gasteiger partial charge in [0.1, 0.15) is 11.5 Å². The molecule has 4 rings (SSSR count). The van der Waals surface area contributed by atoms with Crippen molar-refractivity contribution in [3.63, 3.8) is 0 Å². The standard InChI is InChI=1S/C26H28N2O/c1-2-19-11-13-20(14-12-19)26-23(10-6-7-17-27)24-18-22(15-16-25(24)28-26)29-21-8-4-3-5-9-21/h3-5,8-9,11-16,18,28H,2,6-7,10,17,27H2,1H3. The Morgan fingerprint density at radius 1 is 0.862 bits per heavy atom. The third-order valence-electron chi connectivity index (χ3n) is 5.39. The molecule has 1 heterocycles. The number of aryl methyl sites for hydroxylation is 2. The maximum atomic E-state index is 6.08. The van der Waals surface area contributed by atoms with Crippen molar-refractivity contribution >= 4 is 10.9 Å². The van der Waals surface area contributed by atoms with Crippen LogP contribution in [0.1, 0.15) is 30.9 Å². The number of unbranched alkanes of at least 4 members (excludes halogenated alkanes) is 1. The van der Waals surface area contributed by atoms with Crippen LogP contribution in [-0.4, -0.2) is 11.5 Å². The van der Waals surface area contributed by atoms with Crippen molar-refractivity contribution in [2.75, 3.05) is 6.54 Å². The van der Waals surface area contributed by atoms with Crippen LogP contribution in [0.25, 0.3) is 22.2 Å². The molecule has 0 unspecified atom stereocenters. The van der Waals surface area contributed by atoms with E-state index < -0.39 is 0 Å². The normalized spacial score (nSPS) is 11.1. The van der Waals surface area contributed by atoms with E-state index in [1.165, 1.54) is 27.8 Å². The number of rotatable bonds is 8. The molecule has 3 heteroatoms. The molecule has 3 N–H and O–H groups in total. The minimum absolute atomic E-state index is 0.727. The highest BCUT2D eigenvalue weighted by Crippen LogP contribution is 2.35. The second kappa shape index (κ2) is 8.97. The summed E-state index contributed by atoms with van der Waals surface area (Å²) in [6.45, 7) is 2.91. The summed E-state index contributed by atoms with van der Waals surface area (Å²) >= 11 is 0. The fraction of sp³-hybridized carbons (Fsp3) is 0.231. The van der Waals surface area contributed by atoms with Crippen molar-refractivity contribution in [2.45, 2.75) is 32.6 Å². The number of fused-ring (bicyclic) bond motifs is 1. The second-order valence-corrected chi connectivity index (χ2v) is 7.40. The summed E-state index contributed by atoms with van der Waals surface area (Å²) < 4.78 is 6.08. The smallest absolute Gasteiger partial charge is 0.128 e. The van der Waals surface area contributed by atoms with E-state index in [2.05, 4.69) is 48.3 Å². The van der Waals surface area contributed by atoms with E-state index in [-0.39, 0.29) is 0 Å². The number of nitrogens with two attached hydrogens (primary N) is 1. The van der Waals surface area contributed by atoms with Gasteiger partial charge in [0.25, 0.3) is 0 Å². The summed E-state index contributed by atoms with van der Waals surface area (Å²) in [6, 6.07) is 25.1. The maximum Gasteiger partial charge on any atom is 0.128 e. The van der Waals surface area contributed by atoms with Gasteiger partial charge in [-0.2, -0.15) is 0 Å². The van der Waals surface area contributed by atoms with Crippen LogP contribution in [0.5, 0.6) is 11.5 Å². The third kappa shape index (κ3) is 4.36. The van der Waals surface area contributed by atoms with E-state index in [1.54, 1.807) is 0 Å². The van der Waals surface area contributed by atoms with E-state index >= 15 is 0 Å². The van der Waals surface area contributed by atoms with Crippen LogP contribution >= 0.6 is 0 Å². The van der Waals surface area contributed by atoms with Crippen LogP contribution in [0, 0.1) is 0 Å². The molecule has 0 saturated heterocycles. The summed E-state index contributed by atoms with van der Waals surface area (Å²) in [4.78, 5) is 3.65. The first-order chi connectivity index (χ1) is 14.3. The molecule has 0 fully saturated rings. The van der Waals surface area contributed by atoms with Gasteiger partial charge < -0.3 is 15.5 Å². The summed E-state index contributed by atoms with van der Waals surface area (Å²) in [5.74, 6) is 1.71. The van der Waals surface area contributed by atoms with E-state index in [1.807, 2.05) is 36.4 Å². The highest BCUT2D eigenvalue weighted by molar-refractivity contribution is 5.91. The first kappa shape index (κ1) is 19.3. The molecule has 4 aromatic rings. The van der Waals surface area contributed by atoms with Gasteiger partial charge in [0.15, 0.2) is 0 Å². The van der Waals surface area contributed by atoms with Crippen LogP contribution in [0.15, 0.2) is 72.8 Å². The van der Waals surface area contributed by atoms with Crippen molar-refractivity contribution in [2.24, 2.45) is 5.73 Å². The fourth-order valence-corrected chi connectivity index (χ4v) is 3.77. The molecule has 0 aliphatic rings. The predicted octanol–water partition coefficient (Wildman–Crippen LogP) is 6.47. The van der Waals surface area contributed by atoms with Crippen LogP contribution in [0.3, 0.4) is 0 Å². The highest BCUT2D eigenvalue weighted by atomic mass is 16.5. The molecular formula is C26H28N2O. The van der Waals surface area contributed by atoms with E-state index in [4.69, 9.17) is 10.5 Å². The first-order valence-electron chi connectivity index (χ1n) is 10.5. The Labute approximate surface area is 172 Å². The zero-order valence-corrected chi connectivity index (χ0v) is 16.9.